The summed E-state index contributed by atoms with van der Waals surface area (Å²) in [5.74, 6) is 0. The Morgan fingerprint density at radius 3 is 2.10 bits per heavy atom. The highest BCUT2D eigenvalue weighted by Gasteiger charge is 2.15. The predicted molar refractivity (Wildman–Crippen MR) is 93.9 cm³/mol. The van der Waals surface area contributed by atoms with Gasteiger partial charge in [-0.1, -0.05) is 84.5 Å². The van der Waals surface area contributed by atoms with Gasteiger partial charge in [-0.15, -0.1) is 0 Å². The lowest BCUT2D eigenvalue weighted by molar-refractivity contribution is 0.589. The van der Waals surface area contributed by atoms with Crippen molar-refractivity contribution in [3.05, 3.63) is 56.0 Å². The van der Waals surface area contributed by atoms with E-state index in [0.717, 1.165) is 12.1 Å². The molecule has 0 aliphatic carbocycles. The molecule has 0 aliphatic heterocycles. The summed E-state index contributed by atoms with van der Waals surface area (Å²) in [5.41, 5.74) is 2.81. The molecule has 2 aromatic rings. The zero-order valence-electron chi connectivity index (χ0n) is 11.7. The molecule has 0 unspecified atom stereocenters. The van der Waals surface area contributed by atoms with E-state index in [-0.39, 0.29) is 0 Å². The van der Waals surface area contributed by atoms with E-state index in [1.807, 2.05) is 24.3 Å². The lowest BCUT2D eigenvalue weighted by atomic mass is 10.0. The lowest BCUT2D eigenvalue weighted by Gasteiger charge is -2.12. The number of rotatable bonds is 4. The third-order valence-electron chi connectivity index (χ3n) is 3.07. The standard InChI is InChI=1S/C16H15Cl4N/c1-9(2)21-8-10-3-5-11(6-4-10)14-12(17)7-13(18)15(19)16(14)20/h3-7,9,21H,8H2,1-2H3. The van der Waals surface area contributed by atoms with Crippen molar-refractivity contribution in [1.29, 1.82) is 0 Å². The van der Waals surface area contributed by atoms with Crippen molar-refractivity contribution in [1.82, 2.24) is 5.32 Å². The van der Waals surface area contributed by atoms with E-state index in [1.165, 1.54) is 5.56 Å². The summed E-state index contributed by atoms with van der Waals surface area (Å²) in [5, 5.41) is 4.91. The first-order valence-electron chi connectivity index (χ1n) is 6.56. The molecule has 0 fully saturated rings. The second kappa shape index (κ2) is 7.21. The quantitative estimate of drug-likeness (QED) is 0.485. The minimum absolute atomic E-state index is 0.322. The second-order valence-corrected chi connectivity index (χ2v) is 6.65. The highest BCUT2D eigenvalue weighted by atomic mass is 35.5. The molecule has 0 amide bonds. The first-order chi connectivity index (χ1) is 9.90. The summed E-state index contributed by atoms with van der Waals surface area (Å²) in [6.45, 7) is 5.05. The van der Waals surface area contributed by atoms with Crippen LogP contribution >= 0.6 is 46.4 Å². The molecule has 2 rings (SSSR count). The van der Waals surface area contributed by atoms with Gasteiger partial charge in [0.15, 0.2) is 0 Å². The van der Waals surface area contributed by atoms with Gasteiger partial charge in [-0.2, -0.15) is 0 Å². The maximum absolute atomic E-state index is 6.27. The molecule has 2 aromatic carbocycles. The van der Waals surface area contributed by atoms with Gasteiger partial charge in [0.05, 0.1) is 20.1 Å². The fourth-order valence-corrected chi connectivity index (χ4v) is 3.07. The Bertz CT molecular complexity index is 636. The van der Waals surface area contributed by atoms with Crippen LogP contribution in [-0.4, -0.2) is 6.04 Å². The van der Waals surface area contributed by atoms with E-state index < -0.39 is 0 Å². The van der Waals surface area contributed by atoms with Crippen LogP contribution in [0.15, 0.2) is 30.3 Å². The van der Waals surface area contributed by atoms with Crippen LogP contribution in [0.1, 0.15) is 19.4 Å². The molecule has 0 radical (unpaired) electrons. The third kappa shape index (κ3) is 4.06. The van der Waals surface area contributed by atoms with Crippen molar-refractivity contribution < 1.29 is 0 Å². The highest BCUT2D eigenvalue weighted by molar-refractivity contribution is 6.51. The maximum atomic E-state index is 6.27. The van der Waals surface area contributed by atoms with Gasteiger partial charge in [-0.3, -0.25) is 0 Å². The molecular weight excluding hydrogens is 348 g/mol. The smallest absolute Gasteiger partial charge is 0.0785 e. The minimum atomic E-state index is 0.322. The molecular formula is C16H15Cl4N. The fourth-order valence-electron chi connectivity index (χ4n) is 1.94. The Morgan fingerprint density at radius 2 is 1.52 bits per heavy atom. The topological polar surface area (TPSA) is 12.0 Å². The van der Waals surface area contributed by atoms with E-state index >= 15 is 0 Å². The van der Waals surface area contributed by atoms with Crippen molar-refractivity contribution in [2.75, 3.05) is 0 Å². The largest absolute Gasteiger partial charge is 0.310 e. The molecule has 0 bridgehead atoms. The number of hydrogen-bond acceptors (Lipinski definition) is 1. The molecule has 0 aliphatic rings. The van der Waals surface area contributed by atoms with Gasteiger partial charge in [0.25, 0.3) is 0 Å². The highest BCUT2D eigenvalue weighted by Crippen LogP contribution is 2.42. The molecule has 0 atom stereocenters. The molecule has 1 N–H and O–H groups in total. The monoisotopic (exact) mass is 361 g/mol. The van der Waals surface area contributed by atoms with Crippen LogP contribution in [0.2, 0.25) is 20.1 Å². The van der Waals surface area contributed by atoms with Crippen LogP contribution in [0.3, 0.4) is 0 Å². The number of nitrogens with one attached hydrogen (secondary N) is 1. The number of halogens is 4. The summed E-state index contributed by atoms with van der Waals surface area (Å²) < 4.78 is 0. The molecule has 0 spiro atoms. The molecule has 0 aromatic heterocycles. The fraction of sp³-hybridized carbons (Fsp3) is 0.250. The van der Waals surface area contributed by atoms with Crippen molar-refractivity contribution in [2.24, 2.45) is 0 Å². The van der Waals surface area contributed by atoms with E-state index in [9.17, 15) is 0 Å². The number of hydrogen-bond donors (Lipinski definition) is 1. The van der Waals surface area contributed by atoms with E-state index in [2.05, 4.69) is 19.2 Å². The van der Waals surface area contributed by atoms with E-state index in [1.54, 1.807) is 6.07 Å². The van der Waals surface area contributed by atoms with Gasteiger partial charge in [0.1, 0.15) is 0 Å². The third-order valence-corrected chi connectivity index (χ3v) is 4.63. The second-order valence-electron chi connectivity index (χ2n) is 5.08. The molecule has 1 nitrogen and oxygen atoms in total. The molecule has 112 valence electrons. The van der Waals surface area contributed by atoms with Crippen LogP contribution < -0.4 is 5.32 Å². The molecule has 5 heteroatoms. The summed E-state index contributed by atoms with van der Waals surface area (Å²) in [6.07, 6.45) is 0. The first-order valence-corrected chi connectivity index (χ1v) is 8.07. The summed E-state index contributed by atoms with van der Waals surface area (Å²) >= 11 is 24.6. The summed E-state index contributed by atoms with van der Waals surface area (Å²) in [7, 11) is 0. The van der Waals surface area contributed by atoms with E-state index in [0.29, 0.717) is 31.7 Å². The van der Waals surface area contributed by atoms with Crippen molar-refractivity contribution in [3.8, 4) is 11.1 Å². The zero-order valence-corrected chi connectivity index (χ0v) is 14.7. The van der Waals surface area contributed by atoms with Gasteiger partial charge >= 0.3 is 0 Å². The van der Waals surface area contributed by atoms with Gasteiger partial charge in [-0.25, -0.2) is 0 Å². The van der Waals surface area contributed by atoms with Crippen molar-refractivity contribution in [2.45, 2.75) is 26.4 Å². The maximum Gasteiger partial charge on any atom is 0.0785 e. The average molecular weight is 363 g/mol. The SMILES string of the molecule is CC(C)NCc1ccc(-c2c(Cl)cc(Cl)c(Cl)c2Cl)cc1. The Hall–Kier alpha value is -0.440. The average Bonchev–Trinajstić information content (AvgIpc) is 2.44. The number of benzene rings is 2. The molecule has 0 saturated carbocycles. The molecule has 0 heterocycles. The Balaban J connectivity index is 2.33. The van der Waals surface area contributed by atoms with Crippen molar-refractivity contribution >= 4 is 46.4 Å². The predicted octanol–water partition coefficient (Wildman–Crippen LogP) is 6.47. The van der Waals surface area contributed by atoms with Crippen LogP contribution in [0.4, 0.5) is 0 Å². The minimum Gasteiger partial charge on any atom is -0.310 e. The summed E-state index contributed by atoms with van der Waals surface area (Å²) in [4.78, 5) is 0. The normalized spacial score (nSPS) is 11.2. The lowest BCUT2D eigenvalue weighted by Crippen LogP contribution is -2.21. The van der Waals surface area contributed by atoms with Gasteiger partial charge in [0.2, 0.25) is 0 Å². The first kappa shape index (κ1) is 16.9. The van der Waals surface area contributed by atoms with E-state index in [4.69, 9.17) is 46.4 Å². The Morgan fingerprint density at radius 1 is 0.905 bits per heavy atom. The summed E-state index contributed by atoms with van der Waals surface area (Å²) in [6, 6.07) is 10.1. The Kier molecular flexibility index (Phi) is 5.81. The van der Waals surface area contributed by atoms with Gasteiger partial charge in [-0.05, 0) is 17.2 Å². The van der Waals surface area contributed by atoms with Crippen LogP contribution in [-0.2, 0) is 6.54 Å². The molecule has 0 saturated heterocycles. The van der Waals surface area contributed by atoms with Crippen LogP contribution in [0.5, 0.6) is 0 Å². The molecule has 21 heavy (non-hydrogen) atoms. The van der Waals surface area contributed by atoms with Crippen LogP contribution in [0.25, 0.3) is 11.1 Å². The Labute approximate surface area is 145 Å². The van der Waals surface area contributed by atoms with Gasteiger partial charge in [0, 0.05) is 18.2 Å². The van der Waals surface area contributed by atoms with Crippen LogP contribution in [0, 0.1) is 0 Å². The zero-order chi connectivity index (χ0) is 15.6. The van der Waals surface area contributed by atoms with Gasteiger partial charge < -0.3 is 5.32 Å². The van der Waals surface area contributed by atoms with Crippen molar-refractivity contribution in [3.63, 3.8) is 0 Å².